The fourth-order valence-electron chi connectivity index (χ4n) is 4.27. The molecule has 1 atom stereocenters. The van der Waals surface area contributed by atoms with Crippen molar-refractivity contribution in [1.82, 2.24) is 9.88 Å². The van der Waals surface area contributed by atoms with E-state index in [1.165, 1.54) is 11.3 Å². The number of amides is 2. The van der Waals surface area contributed by atoms with Gasteiger partial charge in [0, 0.05) is 44.6 Å². The van der Waals surface area contributed by atoms with Crippen LogP contribution in [0.5, 0.6) is 5.19 Å². The molecular formula is C23H22ClN3O3S. The van der Waals surface area contributed by atoms with Crippen LogP contribution in [0.15, 0.2) is 48.5 Å². The molecular weight excluding hydrogens is 434 g/mol. The maximum Gasteiger partial charge on any atom is 0.274 e. The Bertz CT molecular complexity index is 1110. The van der Waals surface area contributed by atoms with E-state index in [0.29, 0.717) is 29.9 Å². The first-order valence-corrected chi connectivity index (χ1v) is 11.6. The third kappa shape index (κ3) is 4.12. The summed E-state index contributed by atoms with van der Waals surface area (Å²) in [5.74, 6) is -0.203. The Balaban J connectivity index is 1.17. The van der Waals surface area contributed by atoms with Crippen LogP contribution in [0.1, 0.15) is 19.3 Å². The first kappa shape index (κ1) is 20.3. The highest BCUT2D eigenvalue weighted by atomic mass is 35.5. The third-order valence-electron chi connectivity index (χ3n) is 5.91. The average Bonchev–Trinajstić information content (AvgIpc) is 3.38. The van der Waals surface area contributed by atoms with Crippen LogP contribution >= 0.6 is 22.9 Å². The number of likely N-dealkylation sites (tertiary alicyclic amines) is 1. The summed E-state index contributed by atoms with van der Waals surface area (Å²) >= 11 is 7.70. The molecule has 2 fully saturated rings. The molecule has 2 amide bonds. The Labute approximate surface area is 189 Å². The van der Waals surface area contributed by atoms with Crippen molar-refractivity contribution in [3.05, 3.63) is 53.6 Å². The number of halogens is 1. The van der Waals surface area contributed by atoms with Crippen LogP contribution in [0, 0.1) is 5.92 Å². The van der Waals surface area contributed by atoms with Gasteiger partial charge in [-0.2, -0.15) is 0 Å². The van der Waals surface area contributed by atoms with Crippen molar-refractivity contribution in [2.24, 2.45) is 5.92 Å². The van der Waals surface area contributed by atoms with Crippen LogP contribution < -0.4 is 9.64 Å². The van der Waals surface area contributed by atoms with E-state index in [4.69, 9.17) is 16.3 Å². The largest absolute Gasteiger partial charge is 0.467 e. The molecule has 2 aliphatic heterocycles. The number of aromatic nitrogens is 1. The molecule has 2 aliphatic rings. The molecule has 1 aromatic heterocycles. The normalized spacial score (nSPS) is 19.9. The number of benzene rings is 2. The van der Waals surface area contributed by atoms with Gasteiger partial charge in [0.25, 0.3) is 5.19 Å². The number of nitrogens with zero attached hydrogens (tertiary/aromatic N) is 3. The quantitative estimate of drug-likeness (QED) is 0.586. The van der Waals surface area contributed by atoms with Gasteiger partial charge in [0.15, 0.2) is 0 Å². The maximum absolute atomic E-state index is 13.0. The minimum atomic E-state index is -0.281. The molecule has 8 heteroatoms. The number of fused-ring (bicyclic) bond motifs is 1. The van der Waals surface area contributed by atoms with Crippen LogP contribution in [0.2, 0.25) is 5.02 Å². The number of piperidine rings is 1. The predicted octanol–water partition coefficient (Wildman–Crippen LogP) is 4.37. The van der Waals surface area contributed by atoms with Gasteiger partial charge < -0.3 is 14.5 Å². The summed E-state index contributed by atoms with van der Waals surface area (Å²) in [4.78, 5) is 33.6. The summed E-state index contributed by atoms with van der Waals surface area (Å²) in [6, 6.07) is 15.2. The topological polar surface area (TPSA) is 62.7 Å². The highest BCUT2D eigenvalue weighted by Gasteiger charge is 2.38. The summed E-state index contributed by atoms with van der Waals surface area (Å²) in [6.07, 6.45) is 1.79. The van der Waals surface area contributed by atoms with Crippen molar-refractivity contribution in [1.29, 1.82) is 0 Å². The third-order valence-corrected chi connectivity index (χ3v) is 7.13. The fraction of sp³-hybridized carbons (Fsp3) is 0.348. The SMILES string of the molecule is O=C(C1CC(=O)N(c2ccccc2)C1)N1CCC(Oc2nc3c(Cl)cccc3s2)CC1. The van der Waals surface area contributed by atoms with Gasteiger partial charge in [-0.15, -0.1) is 0 Å². The van der Waals surface area contributed by atoms with Gasteiger partial charge >= 0.3 is 0 Å². The molecule has 0 bridgehead atoms. The minimum Gasteiger partial charge on any atom is -0.467 e. The minimum absolute atomic E-state index is 0.0114. The zero-order valence-corrected chi connectivity index (χ0v) is 18.4. The van der Waals surface area contributed by atoms with E-state index >= 15 is 0 Å². The molecule has 3 aromatic rings. The molecule has 0 aliphatic carbocycles. The number of carbonyl (C=O) groups excluding carboxylic acids is 2. The van der Waals surface area contributed by atoms with E-state index in [2.05, 4.69) is 4.98 Å². The summed E-state index contributed by atoms with van der Waals surface area (Å²) in [6.45, 7) is 1.71. The number of anilines is 1. The monoisotopic (exact) mass is 455 g/mol. The number of hydrogen-bond donors (Lipinski definition) is 0. The molecule has 31 heavy (non-hydrogen) atoms. The van der Waals surface area contributed by atoms with Crippen molar-refractivity contribution < 1.29 is 14.3 Å². The van der Waals surface area contributed by atoms with Crippen molar-refractivity contribution >= 4 is 50.7 Å². The number of thiazole rings is 1. The number of ether oxygens (including phenoxy) is 1. The van der Waals surface area contributed by atoms with E-state index in [1.807, 2.05) is 53.4 Å². The second kappa shape index (κ2) is 8.48. The first-order chi connectivity index (χ1) is 15.1. The van der Waals surface area contributed by atoms with Gasteiger partial charge in [-0.25, -0.2) is 4.98 Å². The molecule has 160 valence electrons. The number of rotatable bonds is 4. The lowest BCUT2D eigenvalue weighted by Gasteiger charge is -2.33. The molecule has 0 saturated carbocycles. The van der Waals surface area contributed by atoms with E-state index in [9.17, 15) is 9.59 Å². The van der Waals surface area contributed by atoms with Crippen molar-refractivity contribution in [3.63, 3.8) is 0 Å². The lowest BCUT2D eigenvalue weighted by atomic mass is 10.0. The van der Waals surface area contributed by atoms with E-state index in [1.54, 1.807) is 4.90 Å². The molecule has 0 N–H and O–H groups in total. The summed E-state index contributed by atoms with van der Waals surface area (Å²) in [7, 11) is 0. The van der Waals surface area contributed by atoms with Crippen LogP contribution in [0.3, 0.4) is 0 Å². The molecule has 5 rings (SSSR count). The maximum atomic E-state index is 13.0. The Morgan fingerprint density at radius 3 is 2.61 bits per heavy atom. The molecule has 6 nitrogen and oxygen atoms in total. The number of carbonyl (C=O) groups is 2. The van der Waals surface area contributed by atoms with Crippen molar-refractivity contribution in [2.75, 3.05) is 24.5 Å². The molecule has 2 saturated heterocycles. The Morgan fingerprint density at radius 1 is 1.10 bits per heavy atom. The van der Waals surface area contributed by atoms with Gasteiger partial charge in [-0.3, -0.25) is 9.59 Å². The highest BCUT2D eigenvalue weighted by Crippen LogP contribution is 2.34. The Morgan fingerprint density at radius 2 is 1.87 bits per heavy atom. The number of para-hydroxylation sites is 2. The summed E-state index contributed by atoms with van der Waals surface area (Å²) < 4.78 is 7.09. The molecule has 0 spiro atoms. The van der Waals surface area contributed by atoms with Gasteiger partial charge in [-0.1, -0.05) is 47.2 Å². The van der Waals surface area contributed by atoms with Crippen LogP contribution in [0.25, 0.3) is 10.2 Å². The second-order valence-corrected chi connectivity index (χ2v) is 9.35. The standard InChI is InChI=1S/C23H22ClN3O3S/c24-18-7-4-8-19-21(18)25-23(31-19)30-17-9-11-26(12-10-17)22(29)15-13-20(28)27(14-15)16-5-2-1-3-6-16/h1-8,15,17H,9-14H2. The molecule has 3 heterocycles. The van der Waals surface area contributed by atoms with Crippen molar-refractivity contribution in [2.45, 2.75) is 25.4 Å². The van der Waals surface area contributed by atoms with Crippen LogP contribution in [-0.4, -0.2) is 47.4 Å². The lowest BCUT2D eigenvalue weighted by Crippen LogP contribution is -2.44. The Hall–Kier alpha value is -2.64. The molecule has 2 aromatic carbocycles. The number of hydrogen-bond acceptors (Lipinski definition) is 5. The van der Waals surface area contributed by atoms with E-state index < -0.39 is 0 Å². The van der Waals surface area contributed by atoms with E-state index in [-0.39, 0.29) is 30.3 Å². The second-order valence-electron chi connectivity index (χ2n) is 7.95. The van der Waals surface area contributed by atoms with Gasteiger partial charge in [-0.05, 0) is 24.3 Å². The smallest absolute Gasteiger partial charge is 0.274 e. The van der Waals surface area contributed by atoms with Crippen LogP contribution in [-0.2, 0) is 9.59 Å². The Kier molecular flexibility index (Phi) is 5.54. The fourth-order valence-corrected chi connectivity index (χ4v) is 5.45. The molecule has 0 radical (unpaired) electrons. The summed E-state index contributed by atoms with van der Waals surface area (Å²) in [5.41, 5.74) is 1.62. The zero-order chi connectivity index (χ0) is 21.4. The van der Waals surface area contributed by atoms with Gasteiger partial charge in [0.2, 0.25) is 11.8 Å². The summed E-state index contributed by atoms with van der Waals surface area (Å²) in [5, 5.41) is 1.24. The highest BCUT2D eigenvalue weighted by molar-refractivity contribution is 7.20. The van der Waals surface area contributed by atoms with Crippen LogP contribution in [0.4, 0.5) is 5.69 Å². The van der Waals surface area contributed by atoms with Crippen molar-refractivity contribution in [3.8, 4) is 5.19 Å². The zero-order valence-electron chi connectivity index (χ0n) is 16.9. The average molecular weight is 456 g/mol. The lowest BCUT2D eigenvalue weighted by molar-refractivity contribution is -0.137. The first-order valence-electron chi connectivity index (χ1n) is 10.4. The van der Waals surface area contributed by atoms with Gasteiger partial charge in [0.1, 0.15) is 11.6 Å². The predicted molar refractivity (Wildman–Crippen MR) is 122 cm³/mol. The molecule has 1 unspecified atom stereocenters. The van der Waals surface area contributed by atoms with E-state index in [0.717, 1.165) is 28.7 Å². The van der Waals surface area contributed by atoms with Gasteiger partial charge in [0.05, 0.1) is 15.6 Å².